The molecule has 1 aromatic carbocycles. The van der Waals surface area contributed by atoms with Gasteiger partial charge in [0.1, 0.15) is 11.8 Å². The van der Waals surface area contributed by atoms with Gasteiger partial charge in [0.25, 0.3) is 0 Å². The predicted octanol–water partition coefficient (Wildman–Crippen LogP) is 0.730. The van der Waals surface area contributed by atoms with E-state index in [0.717, 1.165) is 18.7 Å². The number of nitrogens with zero attached hydrogens (tertiary/aromatic N) is 2. The summed E-state index contributed by atoms with van der Waals surface area (Å²) in [5, 5.41) is 21.8. The number of hydrogen-bond acceptors (Lipinski definition) is 5. The Morgan fingerprint density at radius 3 is 2.52 bits per heavy atom. The number of carbonyl (C=O) groups excluding carboxylic acids is 1. The molecule has 1 amide bonds. The maximum Gasteiger partial charge on any atom is 0.321 e. The van der Waals surface area contributed by atoms with Gasteiger partial charge in [0.2, 0.25) is 5.91 Å². The van der Waals surface area contributed by atoms with Gasteiger partial charge < -0.3 is 20.4 Å². The number of anilines is 1. The smallest absolute Gasteiger partial charge is 0.321 e. The van der Waals surface area contributed by atoms with Gasteiger partial charge in [-0.3, -0.25) is 14.5 Å². The topological polar surface area (TPSA) is 93.1 Å². The largest absolute Gasteiger partial charge is 0.506 e. The molecule has 2 rings (SSSR count). The van der Waals surface area contributed by atoms with Crippen LogP contribution in [0.2, 0.25) is 0 Å². The van der Waals surface area contributed by atoms with Crippen molar-refractivity contribution in [2.45, 2.75) is 19.4 Å². The number of benzene rings is 1. The molecule has 1 unspecified atom stereocenters. The molecule has 1 saturated heterocycles. The molecular weight excluding hydrogens is 298 g/mol. The highest BCUT2D eigenvalue weighted by Gasteiger charge is 2.30. The second-order valence-electron chi connectivity index (χ2n) is 5.97. The van der Waals surface area contributed by atoms with Crippen LogP contribution >= 0.6 is 0 Å². The van der Waals surface area contributed by atoms with Crippen molar-refractivity contribution in [3.8, 4) is 5.75 Å². The van der Waals surface area contributed by atoms with Crippen molar-refractivity contribution in [3.05, 3.63) is 23.8 Å². The molecule has 0 spiro atoms. The highest BCUT2D eigenvalue weighted by Crippen LogP contribution is 2.24. The first kappa shape index (κ1) is 17.2. The predicted molar refractivity (Wildman–Crippen MR) is 86.6 cm³/mol. The molecule has 7 heteroatoms. The number of carboxylic acid groups (broad SMARTS) is 1. The monoisotopic (exact) mass is 321 g/mol. The number of likely N-dealkylation sites (N-methyl/N-ethyl adjacent to an activating group) is 1. The van der Waals surface area contributed by atoms with E-state index in [-0.39, 0.29) is 12.2 Å². The van der Waals surface area contributed by atoms with Crippen LogP contribution in [0.4, 0.5) is 5.69 Å². The van der Waals surface area contributed by atoms with Gasteiger partial charge in [-0.2, -0.15) is 0 Å². The molecule has 1 aliphatic heterocycles. The fourth-order valence-corrected chi connectivity index (χ4v) is 2.63. The summed E-state index contributed by atoms with van der Waals surface area (Å²) in [5.41, 5.74) is 1.20. The van der Waals surface area contributed by atoms with Crippen LogP contribution in [0.5, 0.6) is 5.75 Å². The molecule has 1 fully saturated rings. The first-order valence-corrected chi connectivity index (χ1v) is 7.61. The first-order valence-electron chi connectivity index (χ1n) is 7.61. The lowest BCUT2D eigenvalue weighted by Crippen LogP contribution is -2.52. The lowest BCUT2D eigenvalue weighted by molar-refractivity contribution is -0.145. The van der Waals surface area contributed by atoms with E-state index in [9.17, 15) is 19.8 Å². The second kappa shape index (κ2) is 7.43. The van der Waals surface area contributed by atoms with E-state index >= 15 is 0 Å². The Kier molecular flexibility index (Phi) is 5.57. The van der Waals surface area contributed by atoms with E-state index in [4.69, 9.17) is 0 Å². The standard InChI is InChI=1S/C16H23N3O4/c1-11-3-4-14(20)12(9-11)17-15(21)10-13(16(22)23)19-7-5-18(2)6-8-19/h3-4,9,13,20H,5-8,10H2,1-2H3,(H,17,21)(H,22,23). The molecule has 1 aliphatic rings. The Labute approximate surface area is 135 Å². The van der Waals surface area contributed by atoms with Crippen molar-refractivity contribution >= 4 is 17.6 Å². The molecule has 0 saturated carbocycles. The maximum absolute atomic E-state index is 12.2. The van der Waals surface area contributed by atoms with Gasteiger partial charge in [-0.15, -0.1) is 0 Å². The van der Waals surface area contributed by atoms with E-state index in [1.807, 2.05) is 18.9 Å². The fraction of sp³-hybridized carbons (Fsp3) is 0.500. The van der Waals surface area contributed by atoms with Crippen LogP contribution in [0.15, 0.2) is 18.2 Å². The normalized spacial score (nSPS) is 17.7. The number of aromatic hydroxyl groups is 1. The number of carboxylic acids is 1. The van der Waals surface area contributed by atoms with E-state index in [1.165, 1.54) is 6.07 Å². The number of hydrogen-bond donors (Lipinski definition) is 3. The van der Waals surface area contributed by atoms with Gasteiger partial charge in [0.05, 0.1) is 12.1 Å². The molecule has 1 atom stereocenters. The summed E-state index contributed by atoms with van der Waals surface area (Å²) in [6, 6.07) is 4.03. The average molecular weight is 321 g/mol. The summed E-state index contributed by atoms with van der Waals surface area (Å²) in [4.78, 5) is 27.6. The molecule has 126 valence electrons. The molecule has 1 heterocycles. The Hall–Kier alpha value is -2.12. The highest BCUT2D eigenvalue weighted by molar-refractivity contribution is 5.95. The third kappa shape index (κ3) is 4.67. The minimum atomic E-state index is -1.00. The second-order valence-corrected chi connectivity index (χ2v) is 5.97. The summed E-state index contributed by atoms with van der Waals surface area (Å²) in [6.45, 7) is 4.65. The van der Waals surface area contributed by atoms with Crippen LogP contribution in [0.1, 0.15) is 12.0 Å². The van der Waals surface area contributed by atoms with Gasteiger partial charge >= 0.3 is 5.97 Å². The number of rotatable bonds is 5. The molecule has 3 N–H and O–H groups in total. The quantitative estimate of drug-likeness (QED) is 0.692. The van der Waals surface area contributed by atoms with Gasteiger partial charge in [-0.25, -0.2) is 0 Å². The van der Waals surface area contributed by atoms with Gasteiger partial charge in [0, 0.05) is 26.2 Å². The number of aliphatic carboxylic acids is 1. The zero-order chi connectivity index (χ0) is 17.0. The third-order valence-corrected chi connectivity index (χ3v) is 4.07. The van der Waals surface area contributed by atoms with Crippen LogP contribution in [0.25, 0.3) is 0 Å². The molecule has 7 nitrogen and oxygen atoms in total. The SMILES string of the molecule is Cc1ccc(O)c(NC(=O)CC(C(=O)O)N2CCN(C)CC2)c1. The van der Waals surface area contributed by atoms with E-state index in [0.29, 0.717) is 18.8 Å². The van der Waals surface area contributed by atoms with E-state index in [1.54, 1.807) is 12.1 Å². The third-order valence-electron chi connectivity index (χ3n) is 4.07. The Bertz CT molecular complexity index is 583. The van der Waals surface area contributed by atoms with Crippen molar-refractivity contribution < 1.29 is 19.8 Å². The Morgan fingerprint density at radius 1 is 1.26 bits per heavy atom. The number of amides is 1. The summed E-state index contributed by atoms with van der Waals surface area (Å²) in [6.07, 6.45) is -0.146. The van der Waals surface area contributed by atoms with Crippen LogP contribution in [0, 0.1) is 6.92 Å². The van der Waals surface area contributed by atoms with Gasteiger partial charge in [-0.1, -0.05) is 6.07 Å². The minimum absolute atomic E-state index is 0.0320. The van der Waals surface area contributed by atoms with Gasteiger partial charge in [0.15, 0.2) is 0 Å². The molecule has 1 aromatic rings. The summed E-state index contributed by atoms with van der Waals surface area (Å²) in [7, 11) is 1.99. The van der Waals surface area contributed by atoms with Crippen molar-refractivity contribution in [1.82, 2.24) is 9.80 Å². The van der Waals surface area contributed by atoms with Crippen molar-refractivity contribution in [1.29, 1.82) is 0 Å². The summed E-state index contributed by atoms with van der Waals surface area (Å²) >= 11 is 0. The molecule has 23 heavy (non-hydrogen) atoms. The number of aryl methyl sites for hydroxylation is 1. The molecular formula is C16H23N3O4. The van der Waals surface area contributed by atoms with Crippen LogP contribution < -0.4 is 5.32 Å². The lowest BCUT2D eigenvalue weighted by Gasteiger charge is -2.35. The van der Waals surface area contributed by atoms with E-state index < -0.39 is 17.9 Å². The molecule has 0 aromatic heterocycles. The fourth-order valence-electron chi connectivity index (χ4n) is 2.63. The van der Waals surface area contributed by atoms with Crippen molar-refractivity contribution in [2.24, 2.45) is 0 Å². The lowest BCUT2D eigenvalue weighted by atomic mass is 10.1. The number of piperazine rings is 1. The first-order chi connectivity index (χ1) is 10.9. The molecule has 0 bridgehead atoms. The number of phenolic OH excluding ortho intramolecular Hbond substituents is 1. The Balaban J connectivity index is 2.00. The van der Waals surface area contributed by atoms with Crippen molar-refractivity contribution in [3.63, 3.8) is 0 Å². The molecule has 0 aliphatic carbocycles. The minimum Gasteiger partial charge on any atom is -0.506 e. The van der Waals surface area contributed by atoms with E-state index in [2.05, 4.69) is 10.2 Å². The number of carbonyl (C=O) groups is 2. The summed E-state index contributed by atoms with van der Waals surface area (Å²) < 4.78 is 0. The molecule has 0 radical (unpaired) electrons. The van der Waals surface area contributed by atoms with Crippen LogP contribution in [-0.2, 0) is 9.59 Å². The number of phenols is 1. The average Bonchev–Trinajstić information content (AvgIpc) is 2.49. The van der Waals surface area contributed by atoms with Gasteiger partial charge in [-0.05, 0) is 31.7 Å². The zero-order valence-electron chi connectivity index (χ0n) is 13.5. The maximum atomic E-state index is 12.2. The highest BCUT2D eigenvalue weighted by atomic mass is 16.4. The zero-order valence-corrected chi connectivity index (χ0v) is 13.5. The van der Waals surface area contributed by atoms with Crippen LogP contribution in [-0.4, -0.2) is 71.2 Å². The van der Waals surface area contributed by atoms with Crippen LogP contribution in [0.3, 0.4) is 0 Å². The summed E-state index contributed by atoms with van der Waals surface area (Å²) in [5.74, 6) is -1.45. The number of nitrogens with one attached hydrogen (secondary N) is 1. The Morgan fingerprint density at radius 2 is 1.91 bits per heavy atom. The van der Waals surface area contributed by atoms with Crippen molar-refractivity contribution in [2.75, 3.05) is 38.5 Å².